The first-order valence-electron chi connectivity index (χ1n) is 1.69. The van der Waals surface area contributed by atoms with Crippen LogP contribution in [0.5, 0.6) is 0 Å². The van der Waals surface area contributed by atoms with Crippen LogP contribution < -0.4 is 0 Å². The Morgan fingerprint density at radius 2 is 1.33 bits per heavy atom. The Hall–Kier alpha value is -0.503. The number of carboxylic acid groups (broad SMARTS) is 2. The van der Waals surface area contributed by atoms with Gasteiger partial charge in [-0.1, -0.05) is 0 Å². The summed E-state index contributed by atoms with van der Waals surface area (Å²) in [6, 6.07) is 0. The van der Waals surface area contributed by atoms with E-state index in [9.17, 15) is 9.59 Å². The molecule has 5 nitrogen and oxygen atoms in total. The second kappa shape index (κ2) is 4.38. The van der Waals surface area contributed by atoms with E-state index in [4.69, 9.17) is 15.3 Å². The van der Waals surface area contributed by atoms with Gasteiger partial charge < -0.3 is 15.3 Å². The molecule has 48 valence electrons. The normalized spacial score (nSPS) is 8.22. The molecule has 0 saturated heterocycles. The van der Waals surface area contributed by atoms with Gasteiger partial charge in [-0.05, 0) is 0 Å². The summed E-state index contributed by atoms with van der Waals surface area (Å²) >= 11 is 0. The molecule has 0 spiro atoms. The molecule has 6 heteroatoms. The van der Waals surface area contributed by atoms with Gasteiger partial charge in [0.2, 0.25) is 6.10 Å². The summed E-state index contributed by atoms with van der Waals surface area (Å²) in [7, 11) is 0. The molecular formula is C3H5LiO5. The molecule has 0 aliphatic rings. The Kier molecular flexibility index (Phi) is 5.51. The number of aliphatic carboxylic acids is 2. The first-order chi connectivity index (χ1) is 3.55. The number of carbonyl (C=O) groups is 2. The van der Waals surface area contributed by atoms with Crippen LogP contribution in [0.4, 0.5) is 0 Å². The van der Waals surface area contributed by atoms with Gasteiger partial charge in [0.15, 0.2) is 0 Å². The molecule has 3 N–H and O–H groups in total. The van der Waals surface area contributed by atoms with Crippen LogP contribution in [0.1, 0.15) is 0 Å². The van der Waals surface area contributed by atoms with E-state index in [1.807, 2.05) is 0 Å². The van der Waals surface area contributed by atoms with Gasteiger partial charge in [-0.25, -0.2) is 9.59 Å². The van der Waals surface area contributed by atoms with Crippen molar-refractivity contribution in [2.75, 3.05) is 0 Å². The van der Waals surface area contributed by atoms with Crippen molar-refractivity contribution in [2.45, 2.75) is 6.10 Å². The van der Waals surface area contributed by atoms with Crippen LogP contribution in [-0.4, -0.2) is 52.2 Å². The first-order valence-corrected chi connectivity index (χ1v) is 1.69. The van der Waals surface area contributed by atoms with Gasteiger partial charge in [-0.3, -0.25) is 0 Å². The second-order valence-electron chi connectivity index (χ2n) is 1.08. The fourth-order valence-corrected chi connectivity index (χ4v) is 0.106. The second-order valence-corrected chi connectivity index (χ2v) is 1.08. The van der Waals surface area contributed by atoms with Crippen LogP contribution in [0.2, 0.25) is 0 Å². The summed E-state index contributed by atoms with van der Waals surface area (Å²) in [5.41, 5.74) is 0. The van der Waals surface area contributed by atoms with Gasteiger partial charge in [0, 0.05) is 0 Å². The van der Waals surface area contributed by atoms with Crippen LogP contribution in [0.25, 0.3) is 0 Å². The van der Waals surface area contributed by atoms with E-state index in [-0.39, 0.29) is 18.9 Å². The zero-order valence-corrected chi connectivity index (χ0v) is 3.74. The number of aliphatic hydroxyl groups is 1. The molecule has 0 atom stereocenters. The Bertz CT molecular complexity index is 107. The average Bonchev–Trinajstić information content (AvgIpc) is 1.64. The van der Waals surface area contributed by atoms with E-state index in [1.165, 1.54) is 0 Å². The Morgan fingerprint density at radius 3 is 1.33 bits per heavy atom. The molecule has 0 rings (SSSR count). The van der Waals surface area contributed by atoms with Crippen molar-refractivity contribution in [3.63, 3.8) is 0 Å². The maximum atomic E-state index is 9.51. The topological polar surface area (TPSA) is 94.8 Å². The molecule has 0 aromatic heterocycles. The molecule has 0 amide bonds. The molecule has 0 aliphatic carbocycles. The minimum absolute atomic E-state index is 0. The quantitative estimate of drug-likeness (QED) is 0.291. The SMILES string of the molecule is O=C(O)C(O)C(=O)O.[LiH]. The van der Waals surface area contributed by atoms with E-state index in [1.54, 1.807) is 0 Å². The third kappa shape index (κ3) is 4.03. The molecule has 0 unspecified atom stereocenters. The van der Waals surface area contributed by atoms with Crippen molar-refractivity contribution in [2.24, 2.45) is 0 Å². The number of hydrogen-bond acceptors (Lipinski definition) is 3. The summed E-state index contributed by atoms with van der Waals surface area (Å²) in [4.78, 5) is 19.0. The Labute approximate surface area is 62.5 Å². The standard InChI is InChI=1S/C3H4O5.Li.H/c4-1(2(5)6)3(7)8;;/h1,4H,(H,5,6)(H,7,8);;. The fraction of sp³-hybridized carbons (Fsp3) is 0.333. The van der Waals surface area contributed by atoms with E-state index < -0.39 is 18.0 Å². The summed E-state index contributed by atoms with van der Waals surface area (Å²) in [5.74, 6) is -3.50. The number of hydrogen-bond donors (Lipinski definition) is 3. The van der Waals surface area contributed by atoms with Crippen molar-refractivity contribution in [3.8, 4) is 0 Å². The molecule has 0 saturated carbocycles. The third-order valence-corrected chi connectivity index (χ3v) is 0.468. The fourth-order valence-electron chi connectivity index (χ4n) is 0.106. The van der Waals surface area contributed by atoms with E-state index in [2.05, 4.69) is 0 Å². The zero-order chi connectivity index (χ0) is 6.73. The van der Waals surface area contributed by atoms with E-state index >= 15 is 0 Å². The van der Waals surface area contributed by atoms with Gasteiger partial charge in [-0.2, -0.15) is 0 Å². The minimum atomic E-state index is -2.30. The van der Waals surface area contributed by atoms with Crippen LogP contribution >= 0.6 is 0 Å². The van der Waals surface area contributed by atoms with Crippen molar-refractivity contribution in [1.29, 1.82) is 0 Å². The average molecular weight is 128 g/mol. The van der Waals surface area contributed by atoms with Crippen LogP contribution in [-0.2, 0) is 9.59 Å². The van der Waals surface area contributed by atoms with Gasteiger partial charge >= 0.3 is 30.8 Å². The van der Waals surface area contributed by atoms with Gasteiger partial charge in [-0.15, -0.1) is 0 Å². The third-order valence-electron chi connectivity index (χ3n) is 0.468. The molecule has 0 bridgehead atoms. The van der Waals surface area contributed by atoms with Crippen molar-refractivity contribution < 1.29 is 24.9 Å². The van der Waals surface area contributed by atoms with E-state index in [0.717, 1.165) is 0 Å². The molecule has 9 heavy (non-hydrogen) atoms. The molecule has 0 aromatic rings. The molecular weight excluding hydrogens is 123 g/mol. The molecule has 0 fully saturated rings. The Balaban J connectivity index is 0. The predicted octanol–water partition coefficient (Wildman–Crippen LogP) is -2.13. The van der Waals surface area contributed by atoms with Crippen LogP contribution in [0, 0.1) is 0 Å². The first kappa shape index (κ1) is 11.3. The summed E-state index contributed by atoms with van der Waals surface area (Å²) in [6.45, 7) is 0. The van der Waals surface area contributed by atoms with Crippen molar-refractivity contribution in [3.05, 3.63) is 0 Å². The maximum absolute atomic E-state index is 9.51. The van der Waals surface area contributed by atoms with Crippen LogP contribution in [0.3, 0.4) is 0 Å². The number of rotatable bonds is 2. The number of carboxylic acids is 2. The van der Waals surface area contributed by atoms with Crippen LogP contribution in [0.15, 0.2) is 0 Å². The van der Waals surface area contributed by atoms with Gasteiger partial charge in [0.25, 0.3) is 0 Å². The monoisotopic (exact) mass is 128 g/mol. The summed E-state index contributed by atoms with van der Waals surface area (Å²) in [6.07, 6.45) is -2.30. The summed E-state index contributed by atoms with van der Waals surface area (Å²) < 4.78 is 0. The van der Waals surface area contributed by atoms with Crippen molar-refractivity contribution in [1.82, 2.24) is 0 Å². The molecule has 0 heterocycles. The van der Waals surface area contributed by atoms with Gasteiger partial charge in [0.1, 0.15) is 0 Å². The Morgan fingerprint density at radius 1 is 1.11 bits per heavy atom. The number of aliphatic hydroxyl groups excluding tert-OH is 1. The molecule has 0 radical (unpaired) electrons. The van der Waals surface area contributed by atoms with Crippen molar-refractivity contribution >= 4 is 30.8 Å². The van der Waals surface area contributed by atoms with Gasteiger partial charge in [0.05, 0.1) is 0 Å². The molecule has 0 aliphatic heterocycles. The molecule has 0 aromatic carbocycles. The predicted molar refractivity (Wildman–Crippen MR) is 28.4 cm³/mol. The van der Waals surface area contributed by atoms with E-state index in [0.29, 0.717) is 0 Å². The summed E-state index contributed by atoms with van der Waals surface area (Å²) in [5, 5.41) is 23.4. The zero-order valence-electron chi connectivity index (χ0n) is 3.74.